The van der Waals surface area contributed by atoms with Gasteiger partial charge in [-0.1, -0.05) is 53.1 Å². The van der Waals surface area contributed by atoms with E-state index in [1.165, 1.54) is 34.0 Å². The van der Waals surface area contributed by atoms with Crippen LogP contribution in [-0.4, -0.2) is 0 Å². The van der Waals surface area contributed by atoms with Crippen molar-refractivity contribution >= 4 is 22.0 Å². The van der Waals surface area contributed by atoms with Gasteiger partial charge < -0.3 is 0 Å². The summed E-state index contributed by atoms with van der Waals surface area (Å²) in [5.74, 6) is 0.644. The van der Waals surface area contributed by atoms with Crippen LogP contribution in [0, 0.1) is 0 Å². The molecule has 1 atom stereocenters. The van der Waals surface area contributed by atoms with E-state index in [0.717, 1.165) is 0 Å². The number of benzene rings is 1. The Kier molecular flexibility index (Phi) is 2.78. The Morgan fingerprint density at radius 2 is 2.14 bits per heavy atom. The summed E-state index contributed by atoms with van der Waals surface area (Å²) in [6.07, 6.45) is 4.83. The summed E-state index contributed by atoms with van der Waals surface area (Å²) < 4.78 is 1.27. The zero-order valence-corrected chi connectivity index (χ0v) is 10.3. The number of fused-ring (bicyclic) bond motifs is 1. The third-order valence-corrected chi connectivity index (χ3v) is 3.64. The van der Waals surface area contributed by atoms with Crippen LogP contribution in [0.5, 0.6) is 0 Å². The molecule has 0 bridgehead atoms. The molecule has 1 aromatic carbocycles. The van der Waals surface area contributed by atoms with E-state index in [9.17, 15) is 0 Å². The average molecular weight is 251 g/mol. The number of hydrogen-bond donors (Lipinski definition) is 0. The fraction of sp³-hybridized carbons (Fsp3) is 0.385. The van der Waals surface area contributed by atoms with Crippen molar-refractivity contribution in [2.75, 3.05) is 0 Å². The van der Waals surface area contributed by atoms with Gasteiger partial charge in [0.1, 0.15) is 0 Å². The lowest BCUT2D eigenvalue weighted by Gasteiger charge is -2.14. The van der Waals surface area contributed by atoms with Crippen LogP contribution < -0.4 is 0 Å². The van der Waals surface area contributed by atoms with Gasteiger partial charge in [0, 0.05) is 10.4 Å². The Labute approximate surface area is 94.2 Å². The monoisotopic (exact) mass is 250 g/mol. The van der Waals surface area contributed by atoms with Crippen LogP contribution in [0.2, 0.25) is 0 Å². The van der Waals surface area contributed by atoms with E-state index >= 15 is 0 Å². The van der Waals surface area contributed by atoms with Crippen molar-refractivity contribution in [3.05, 3.63) is 39.4 Å². The Morgan fingerprint density at radius 1 is 1.36 bits per heavy atom. The van der Waals surface area contributed by atoms with Gasteiger partial charge in [0.05, 0.1) is 0 Å². The van der Waals surface area contributed by atoms with Crippen molar-refractivity contribution in [2.24, 2.45) is 0 Å². The first-order chi connectivity index (χ1) is 6.74. The zero-order valence-electron chi connectivity index (χ0n) is 8.68. The van der Waals surface area contributed by atoms with Gasteiger partial charge in [-0.2, -0.15) is 0 Å². The molecule has 14 heavy (non-hydrogen) atoms. The molecule has 1 aliphatic rings. The van der Waals surface area contributed by atoms with E-state index in [1.807, 2.05) is 0 Å². The smallest absolute Gasteiger partial charge is 0.0219 e. The molecule has 0 radical (unpaired) electrons. The lowest BCUT2D eigenvalue weighted by Crippen LogP contribution is -1.97. The molecule has 1 aromatic rings. The maximum absolute atomic E-state index is 3.65. The van der Waals surface area contributed by atoms with Crippen molar-refractivity contribution in [3.63, 3.8) is 0 Å². The summed E-state index contributed by atoms with van der Waals surface area (Å²) in [4.78, 5) is 0. The molecular weight excluding hydrogens is 236 g/mol. The summed E-state index contributed by atoms with van der Waals surface area (Å²) in [6.45, 7) is 4.49. The largest absolute Gasteiger partial charge is 0.0653 e. The summed E-state index contributed by atoms with van der Waals surface area (Å²) >= 11 is 3.65. The van der Waals surface area contributed by atoms with Crippen LogP contribution in [0.4, 0.5) is 0 Å². The van der Waals surface area contributed by atoms with Crippen LogP contribution in [-0.2, 0) is 0 Å². The van der Waals surface area contributed by atoms with E-state index in [-0.39, 0.29) is 0 Å². The molecule has 0 aromatic heterocycles. The topological polar surface area (TPSA) is 0 Å². The molecule has 0 saturated heterocycles. The molecule has 0 fully saturated rings. The highest BCUT2D eigenvalue weighted by Gasteiger charge is 2.23. The number of allylic oxidation sites excluding steroid dienone is 1. The Balaban J connectivity index is 2.45. The predicted molar refractivity (Wildman–Crippen MR) is 65.4 cm³/mol. The third-order valence-electron chi connectivity index (χ3n) is 2.95. The van der Waals surface area contributed by atoms with Crippen LogP contribution in [0.25, 0.3) is 6.08 Å². The van der Waals surface area contributed by atoms with E-state index in [4.69, 9.17) is 0 Å². The maximum Gasteiger partial charge on any atom is 0.0219 e. The average Bonchev–Trinajstić information content (AvgIpc) is 2.45. The van der Waals surface area contributed by atoms with Gasteiger partial charge in [0.2, 0.25) is 0 Å². The molecule has 0 aliphatic heterocycles. The summed E-state index contributed by atoms with van der Waals surface area (Å²) in [6, 6.07) is 6.47. The molecule has 2 rings (SSSR count). The molecule has 0 heterocycles. The normalized spacial score (nSPS) is 19.4. The highest BCUT2D eigenvalue weighted by atomic mass is 79.9. The minimum atomic E-state index is 0.644. The zero-order chi connectivity index (χ0) is 10.1. The fourth-order valence-electron chi connectivity index (χ4n) is 2.28. The number of halogens is 1. The lowest BCUT2D eigenvalue weighted by molar-refractivity contribution is 0.695. The predicted octanol–water partition coefficient (Wildman–Crippen LogP) is 4.75. The maximum atomic E-state index is 3.65. The molecule has 0 amide bonds. The van der Waals surface area contributed by atoms with Crippen molar-refractivity contribution in [1.29, 1.82) is 0 Å². The fourth-order valence-corrected chi connectivity index (χ4v) is 2.94. The first kappa shape index (κ1) is 9.97. The molecule has 0 spiro atoms. The lowest BCUT2D eigenvalue weighted by atomic mass is 9.92. The Hall–Kier alpha value is -0.560. The van der Waals surface area contributed by atoms with E-state index in [2.05, 4.69) is 54.1 Å². The Morgan fingerprint density at radius 3 is 2.86 bits per heavy atom. The van der Waals surface area contributed by atoms with Gasteiger partial charge in [-0.25, -0.2) is 0 Å². The van der Waals surface area contributed by atoms with Crippen molar-refractivity contribution < 1.29 is 0 Å². The molecule has 0 N–H and O–H groups in total. The van der Waals surface area contributed by atoms with Crippen LogP contribution >= 0.6 is 15.9 Å². The highest BCUT2D eigenvalue weighted by Crippen LogP contribution is 2.42. The highest BCUT2D eigenvalue weighted by molar-refractivity contribution is 9.10. The van der Waals surface area contributed by atoms with Gasteiger partial charge in [-0.05, 0) is 30.5 Å². The number of hydrogen-bond acceptors (Lipinski definition) is 0. The van der Waals surface area contributed by atoms with Crippen LogP contribution in [0.15, 0.2) is 28.2 Å². The van der Waals surface area contributed by atoms with Gasteiger partial charge in [0.15, 0.2) is 0 Å². The van der Waals surface area contributed by atoms with Gasteiger partial charge in [-0.15, -0.1) is 0 Å². The molecule has 1 aliphatic carbocycles. The van der Waals surface area contributed by atoms with Crippen LogP contribution in [0.3, 0.4) is 0 Å². The second-order valence-electron chi connectivity index (χ2n) is 3.97. The van der Waals surface area contributed by atoms with Gasteiger partial charge in [-0.3, -0.25) is 0 Å². The summed E-state index contributed by atoms with van der Waals surface area (Å²) in [5.41, 5.74) is 4.40. The second-order valence-corrected chi connectivity index (χ2v) is 4.83. The molecule has 1 heteroatoms. The Bertz CT molecular complexity index is 377. The van der Waals surface area contributed by atoms with Gasteiger partial charge >= 0.3 is 0 Å². The van der Waals surface area contributed by atoms with E-state index < -0.39 is 0 Å². The molecule has 0 nitrogen and oxygen atoms in total. The minimum absolute atomic E-state index is 0.644. The molecule has 1 unspecified atom stereocenters. The van der Waals surface area contributed by atoms with Crippen molar-refractivity contribution in [2.45, 2.75) is 32.6 Å². The third kappa shape index (κ3) is 1.54. The number of rotatable bonds is 2. The SMILES string of the molecule is CCCC1C(C)=Cc2cccc(Br)c21. The van der Waals surface area contributed by atoms with E-state index in [0.29, 0.717) is 5.92 Å². The van der Waals surface area contributed by atoms with Crippen molar-refractivity contribution in [1.82, 2.24) is 0 Å². The quantitative estimate of drug-likeness (QED) is 0.711. The summed E-state index contributed by atoms with van der Waals surface area (Å²) in [5, 5.41) is 0. The van der Waals surface area contributed by atoms with Crippen molar-refractivity contribution in [3.8, 4) is 0 Å². The second kappa shape index (κ2) is 3.90. The van der Waals surface area contributed by atoms with Gasteiger partial charge in [0.25, 0.3) is 0 Å². The first-order valence-corrected chi connectivity index (χ1v) is 6.00. The van der Waals surface area contributed by atoms with E-state index in [1.54, 1.807) is 0 Å². The standard InChI is InChI=1S/C13H15Br/c1-3-5-11-9(2)8-10-6-4-7-12(14)13(10)11/h4,6-8,11H,3,5H2,1-2H3. The molecule has 0 saturated carbocycles. The minimum Gasteiger partial charge on any atom is -0.0653 e. The summed E-state index contributed by atoms with van der Waals surface area (Å²) in [7, 11) is 0. The first-order valence-electron chi connectivity index (χ1n) is 5.20. The molecular formula is C13H15Br. The van der Waals surface area contributed by atoms with Crippen LogP contribution in [0.1, 0.15) is 43.7 Å². The molecule has 74 valence electrons.